The summed E-state index contributed by atoms with van der Waals surface area (Å²) in [5, 5.41) is 0.722. The molecule has 1 fully saturated rings. The molecule has 3 aromatic rings. The van der Waals surface area contributed by atoms with E-state index in [1.165, 1.54) is 5.56 Å². The number of carbonyl (C=O) groups is 1. The van der Waals surface area contributed by atoms with Crippen molar-refractivity contribution in [2.24, 2.45) is 0 Å². The van der Waals surface area contributed by atoms with Crippen molar-refractivity contribution >= 4 is 23.2 Å². The van der Waals surface area contributed by atoms with E-state index in [2.05, 4.69) is 11.8 Å². The van der Waals surface area contributed by atoms with Gasteiger partial charge in [0.1, 0.15) is 12.4 Å². The minimum atomic E-state index is 0.00339. The van der Waals surface area contributed by atoms with Gasteiger partial charge in [-0.1, -0.05) is 29.8 Å². The molecule has 1 saturated heterocycles. The number of para-hydroxylation sites is 2. The Labute approximate surface area is 205 Å². The lowest BCUT2D eigenvalue weighted by atomic mass is 10.1. The first-order valence-corrected chi connectivity index (χ1v) is 11.6. The van der Waals surface area contributed by atoms with Crippen LogP contribution < -0.4 is 19.1 Å². The van der Waals surface area contributed by atoms with Crippen LogP contribution in [0, 0.1) is 6.92 Å². The number of halogens is 1. The highest BCUT2D eigenvalue weighted by Gasteiger charge is 2.24. The highest BCUT2D eigenvalue weighted by Crippen LogP contribution is 2.29. The van der Waals surface area contributed by atoms with Crippen molar-refractivity contribution < 1.29 is 19.0 Å². The fourth-order valence-corrected chi connectivity index (χ4v) is 4.34. The zero-order valence-corrected chi connectivity index (χ0v) is 20.5. The normalized spacial score (nSPS) is 13.5. The van der Waals surface area contributed by atoms with Gasteiger partial charge in [-0.05, 0) is 55.0 Å². The second kappa shape index (κ2) is 10.7. The van der Waals surface area contributed by atoms with Gasteiger partial charge in [0.05, 0.1) is 14.2 Å². The number of amides is 1. The Bertz CT molecular complexity index is 1160. The maximum absolute atomic E-state index is 13.3. The smallest absolute Gasteiger partial charge is 0.253 e. The van der Waals surface area contributed by atoms with Crippen LogP contribution >= 0.6 is 11.6 Å². The maximum Gasteiger partial charge on any atom is 0.253 e. The van der Waals surface area contributed by atoms with Gasteiger partial charge in [0.25, 0.3) is 5.91 Å². The third-order valence-corrected chi connectivity index (χ3v) is 6.29. The quantitative estimate of drug-likeness (QED) is 0.465. The molecule has 6 nitrogen and oxygen atoms in total. The summed E-state index contributed by atoms with van der Waals surface area (Å²) in [6, 6.07) is 18.9. The summed E-state index contributed by atoms with van der Waals surface area (Å²) in [7, 11) is 3.22. The van der Waals surface area contributed by atoms with Crippen LogP contribution in [0.3, 0.4) is 0 Å². The molecule has 0 saturated carbocycles. The van der Waals surface area contributed by atoms with E-state index in [4.69, 9.17) is 25.8 Å². The van der Waals surface area contributed by atoms with E-state index in [0.29, 0.717) is 35.9 Å². The summed E-state index contributed by atoms with van der Waals surface area (Å²) in [6.45, 7) is 5.13. The molecule has 4 rings (SSSR count). The first-order chi connectivity index (χ1) is 16.5. The Balaban J connectivity index is 1.45. The molecule has 0 N–H and O–H groups in total. The van der Waals surface area contributed by atoms with E-state index in [1.807, 2.05) is 59.5 Å². The van der Waals surface area contributed by atoms with E-state index in [1.54, 1.807) is 20.3 Å². The first kappa shape index (κ1) is 23.8. The van der Waals surface area contributed by atoms with Crippen LogP contribution in [0.1, 0.15) is 21.5 Å². The molecule has 1 aliphatic rings. The van der Waals surface area contributed by atoms with Crippen molar-refractivity contribution in [2.45, 2.75) is 13.5 Å². The SMILES string of the molecule is COc1ccc(C(=O)N2CCN(c3cc(Cl)ccc3C)CC2)cc1COc1ccccc1OC. The molecule has 178 valence electrons. The molecule has 3 aromatic carbocycles. The van der Waals surface area contributed by atoms with E-state index < -0.39 is 0 Å². The van der Waals surface area contributed by atoms with Crippen molar-refractivity contribution in [1.82, 2.24) is 4.90 Å². The van der Waals surface area contributed by atoms with Crippen LogP contribution in [0.15, 0.2) is 60.7 Å². The molecule has 1 amide bonds. The van der Waals surface area contributed by atoms with Crippen LogP contribution in [0.25, 0.3) is 0 Å². The number of hydrogen-bond acceptors (Lipinski definition) is 5. The number of anilines is 1. The number of rotatable bonds is 7. The molecule has 0 radical (unpaired) electrons. The van der Waals surface area contributed by atoms with Gasteiger partial charge in [-0.3, -0.25) is 4.79 Å². The summed E-state index contributed by atoms with van der Waals surface area (Å²) < 4.78 is 16.8. The Kier molecular flexibility index (Phi) is 7.48. The zero-order valence-electron chi connectivity index (χ0n) is 19.7. The predicted octanol–water partition coefficient (Wildman–Crippen LogP) is 5.21. The largest absolute Gasteiger partial charge is 0.496 e. The molecular weight excluding hydrogens is 452 g/mol. The molecule has 0 aromatic heterocycles. The fourth-order valence-electron chi connectivity index (χ4n) is 4.17. The molecule has 0 aliphatic carbocycles. The van der Waals surface area contributed by atoms with Crippen LogP contribution in [0.2, 0.25) is 5.02 Å². The molecule has 0 atom stereocenters. The van der Waals surface area contributed by atoms with Gasteiger partial charge >= 0.3 is 0 Å². The lowest BCUT2D eigenvalue weighted by Gasteiger charge is -2.37. The standard InChI is InChI=1S/C27H29ClN2O4/c1-19-8-10-22(28)17-23(19)29-12-14-30(15-13-29)27(31)20-9-11-24(32-2)21(16-20)18-34-26-7-5-4-6-25(26)33-3/h4-11,16-17H,12-15,18H2,1-3H3. The third kappa shape index (κ3) is 5.23. The average molecular weight is 481 g/mol. The predicted molar refractivity (Wildman–Crippen MR) is 135 cm³/mol. The maximum atomic E-state index is 13.3. The van der Waals surface area contributed by atoms with Crippen molar-refractivity contribution in [3.8, 4) is 17.2 Å². The minimum Gasteiger partial charge on any atom is -0.496 e. The molecule has 34 heavy (non-hydrogen) atoms. The van der Waals surface area contributed by atoms with Gasteiger partial charge in [0.15, 0.2) is 11.5 Å². The number of piperazine rings is 1. The van der Waals surface area contributed by atoms with Gasteiger partial charge in [0, 0.05) is 48.0 Å². The Morgan fingerprint density at radius 2 is 1.59 bits per heavy atom. The van der Waals surface area contributed by atoms with Gasteiger partial charge in [0.2, 0.25) is 0 Å². The van der Waals surface area contributed by atoms with E-state index in [9.17, 15) is 4.79 Å². The lowest BCUT2D eigenvalue weighted by Crippen LogP contribution is -2.49. The summed E-state index contributed by atoms with van der Waals surface area (Å²) in [4.78, 5) is 17.5. The lowest BCUT2D eigenvalue weighted by molar-refractivity contribution is 0.0746. The molecule has 0 bridgehead atoms. The van der Waals surface area contributed by atoms with Crippen LogP contribution in [-0.4, -0.2) is 51.2 Å². The minimum absolute atomic E-state index is 0.00339. The van der Waals surface area contributed by atoms with Crippen LogP contribution in [-0.2, 0) is 6.61 Å². The number of benzene rings is 3. The van der Waals surface area contributed by atoms with E-state index in [-0.39, 0.29) is 12.5 Å². The highest BCUT2D eigenvalue weighted by atomic mass is 35.5. The topological polar surface area (TPSA) is 51.2 Å². The Morgan fingerprint density at radius 3 is 2.29 bits per heavy atom. The fraction of sp³-hybridized carbons (Fsp3) is 0.296. The van der Waals surface area contributed by atoms with Crippen molar-refractivity contribution in [2.75, 3.05) is 45.3 Å². The van der Waals surface area contributed by atoms with Gasteiger partial charge in [-0.15, -0.1) is 0 Å². The molecule has 0 spiro atoms. The zero-order chi connectivity index (χ0) is 24.1. The highest BCUT2D eigenvalue weighted by molar-refractivity contribution is 6.30. The monoisotopic (exact) mass is 480 g/mol. The Hall–Kier alpha value is -3.38. The molecule has 1 aliphatic heterocycles. The van der Waals surface area contributed by atoms with Gasteiger partial charge in [-0.25, -0.2) is 0 Å². The second-order valence-electron chi connectivity index (χ2n) is 8.18. The number of aryl methyl sites for hydroxylation is 1. The average Bonchev–Trinajstić information content (AvgIpc) is 2.88. The number of hydrogen-bond donors (Lipinski definition) is 0. The Morgan fingerprint density at radius 1 is 0.882 bits per heavy atom. The van der Waals surface area contributed by atoms with Gasteiger partial charge in [-0.2, -0.15) is 0 Å². The summed E-state index contributed by atoms with van der Waals surface area (Å²) in [6.07, 6.45) is 0. The molecule has 7 heteroatoms. The van der Waals surface area contributed by atoms with Crippen molar-refractivity contribution in [3.05, 3.63) is 82.4 Å². The summed E-state index contributed by atoms with van der Waals surface area (Å²) in [5.74, 6) is 1.97. The van der Waals surface area contributed by atoms with Crippen LogP contribution in [0.5, 0.6) is 17.2 Å². The summed E-state index contributed by atoms with van der Waals surface area (Å²) in [5.41, 5.74) is 3.72. The van der Waals surface area contributed by atoms with E-state index in [0.717, 1.165) is 29.4 Å². The van der Waals surface area contributed by atoms with Crippen molar-refractivity contribution in [1.29, 1.82) is 0 Å². The first-order valence-electron chi connectivity index (χ1n) is 11.2. The van der Waals surface area contributed by atoms with Crippen LogP contribution in [0.4, 0.5) is 5.69 Å². The van der Waals surface area contributed by atoms with E-state index >= 15 is 0 Å². The van der Waals surface area contributed by atoms with Gasteiger partial charge < -0.3 is 24.0 Å². The number of ether oxygens (including phenoxy) is 3. The molecule has 1 heterocycles. The number of methoxy groups -OCH3 is 2. The number of nitrogens with zero attached hydrogens (tertiary/aromatic N) is 2. The second-order valence-corrected chi connectivity index (χ2v) is 8.61. The molecular formula is C27H29ClN2O4. The van der Waals surface area contributed by atoms with Crippen molar-refractivity contribution in [3.63, 3.8) is 0 Å². The number of carbonyl (C=O) groups excluding carboxylic acids is 1. The third-order valence-electron chi connectivity index (χ3n) is 6.06. The summed E-state index contributed by atoms with van der Waals surface area (Å²) >= 11 is 6.20. The molecule has 0 unspecified atom stereocenters.